The van der Waals surface area contributed by atoms with Crippen molar-refractivity contribution in [3.05, 3.63) is 20.8 Å². The van der Waals surface area contributed by atoms with E-state index in [1.807, 2.05) is 11.4 Å². The van der Waals surface area contributed by atoms with E-state index in [-0.39, 0.29) is 12.5 Å². The zero-order valence-corrected chi connectivity index (χ0v) is 12.6. The number of hydrogen-bond donors (Lipinski definition) is 2. The predicted molar refractivity (Wildman–Crippen MR) is 76.9 cm³/mol. The molecule has 2 atom stereocenters. The number of hydrogen-bond acceptors (Lipinski definition) is 3. The first-order valence-electron chi connectivity index (χ1n) is 6.34. The lowest BCUT2D eigenvalue weighted by atomic mass is 9.79. The molecule has 1 aliphatic rings. The lowest BCUT2D eigenvalue weighted by Gasteiger charge is -2.30. The van der Waals surface area contributed by atoms with Gasteiger partial charge in [0.15, 0.2) is 0 Å². The Kier molecular flexibility index (Phi) is 5.21. The average Bonchev–Trinajstić information content (AvgIpc) is 2.83. The molecular weight excluding hydrogens is 314 g/mol. The Bertz CT molecular complexity index is 407. The Labute approximate surface area is 120 Å². The van der Waals surface area contributed by atoms with Crippen LogP contribution >= 0.6 is 27.3 Å². The van der Waals surface area contributed by atoms with Crippen LogP contribution in [0.2, 0.25) is 0 Å². The van der Waals surface area contributed by atoms with Crippen LogP contribution in [0, 0.1) is 11.8 Å². The van der Waals surface area contributed by atoms with Crippen LogP contribution in [-0.2, 0) is 0 Å². The van der Waals surface area contributed by atoms with Crippen LogP contribution in [0.25, 0.3) is 0 Å². The smallest absolute Gasteiger partial charge is 0.252 e. The van der Waals surface area contributed by atoms with Crippen LogP contribution in [0.15, 0.2) is 15.2 Å². The van der Waals surface area contributed by atoms with Gasteiger partial charge in [0.2, 0.25) is 0 Å². The summed E-state index contributed by atoms with van der Waals surface area (Å²) in [6, 6.07) is 1.84. The molecule has 1 heterocycles. The molecule has 5 heteroatoms. The summed E-state index contributed by atoms with van der Waals surface area (Å²) >= 11 is 4.87. The number of thiophene rings is 1. The highest BCUT2D eigenvalue weighted by atomic mass is 79.9. The van der Waals surface area contributed by atoms with Gasteiger partial charge in [-0.3, -0.25) is 4.79 Å². The largest absolute Gasteiger partial charge is 0.396 e. The fourth-order valence-electron chi connectivity index (χ4n) is 2.55. The van der Waals surface area contributed by atoms with Gasteiger partial charge in [-0.1, -0.05) is 12.8 Å². The van der Waals surface area contributed by atoms with Crippen molar-refractivity contribution in [2.75, 3.05) is 13.2 Å². The molecule has 1 saturated carbocycles. The first kappa shape index (κ1) is 14.0. The van der Waals surface area contributed by atoms with Gasteiger partial charge in [0.1, 0.15) is 0 Å². The number of rotatable bonds is 4. The van der Waals surface area contributed by atoms with E-state index in [0.717, 1.165) is 16.6 Å². The molecule has 2 rings (SSSR count). The van der Waals surface area contributed by atoms with Gasteiger partial charge in [0, 0.05) is 18.5 Å². The quantitative estimate of drug-likeness (QED) is 0.890. The van der Waals surface area contributed by atoms with Gasteiger partial charge in [-0.25, -0.2) is 0 Å². The van der Waals surface area contributed by atoms with Gasteiger partial charge < -0.3 is 10.4 Å². The predicted octanol–water partition coefficient (Wildman–Crippen LogP) is 3.04. The Balaban J connectivity index is 1.85. The molecule has 100 valence electrons. The molecule has 0 radical (unpaired) electrons. The number of carbonyl (C=O) groups excluding carboxylic acids is 1. The molecule has 18 heavy (non-hydrogen) atoms. The van der Waals surface area contributed by atoms with E-state index in [0.29, 0.717) is 23.9 Å². The molecule has 1 aliphatic carbocycles. The van der Waals surface area contributed by atoms with E-state index in [1.165, 1.54) is 24.2 Å². The number of amides is 1. The van der Waals surface area contributed by atoms with Crippen LogP contribution in [0.3, 0.4) is 0 Å². The van der Waals surface area contributed by atoms with Crippen LogP contribution < -0.4 is 5.32 Å². The summed E-state index contributed by atoms with van der Waals surface area (Å²) in [5.41, 5.74) is 0.711. The van der Waals surface area contributed by atoms with Crippen molar-refractivity contribution >= 4 is 33.2 Å². The average molecular weight is 332 g/mol. The van der Waals surface area contributed by atoms with Crippen LogP contribution in [0.4, 0.5) is 0 Å². The summed E-state index contributed by atoms with van der Waals surface area (Å²) in [7, 11) is 0. The van der Waals surface area contributed by atoms with Crippen molar-refractivity contribution in [1.82, 2.24) is 5.32 Å². The second kappa shape index (κ2) is 6.68. The van der Waals surface area contributed by atoms with Gasteiger partial charge in [0.05, 0.1) is 9.35 Å². The second-order valence-corrected chi connectivity index (χ2v) is 7.13. The Hall–Kier alpha value is -0.390. The SMILES string of the molecule is O=C(NCC1CCCCC1CO)c1csc(Br)c1. The van der Waals surface area contributed by atoms with Crippen molar-refractivity contribution in [2.45, 2.75) is 25.7 Å². The molecule has 0 bridgehead atoms. The summed E-state index contributed by atoms with van der Waals surface area (Å²) in [5, 5.41) is 14.2. The standard InChI is InChI=1S/C13H18BrNO2S/c14-12-5-11(8-18-12)13(17)15-6-9-3-1-2-4-10(9)7-16/h5,8-10,16H,1-4,6-7H2,(H,15,17). The van der Waals surface area contributed by atoms with Crippen LogP contribution in [-0.4, -0.2) is 24.2 Å². The zero-order valence-electron chi connectivity index (χ0n) is 10.2. The molecular formula is C13H18BrNO2S. The summed E-state index contributed by atoms with van der Waals surface area (Å²) in [6.45, 7) is 0.919. The minimum Gasteiger partial charge on any atom is -0.396 e. The third-order valence-corrected chi connectivity index (χ3v) is 5.16. The normalized spacial score (nSPS) is 23.9. The Morgan fingerprint density at radius 3 is 2.78 bits per heavy atom. The molecule has 0 aliphatic heterocycles. The molecule has 1 aromatic rings. The molecule has 1 aromatic heterocycles. The number of aliphatic hydroxyl groups is 1. The van der Waals surface area contributed by atoms with Gasteiger partial charge >= 0.3 is 0 Å². The maximum Gasteiger partial charge on any atom is 0.252 e. The molecule has 1 amide bonds. The number of carbonyl (C=O) groups is 1. The Morgan fingerprint density at radius 2 is 2.17 bits per heavy atom. The van der Waals surface area contributed by atoms with Crippen molar-refractivity contribution < 1.29 is 9.90 Å². The third-order valence-electron chi connectivity index (χ3n) is 3.66. The van der Waals surface area contributed by atoms with Crippen molar-refractivity contribution in [3.63, 3.8) is 0 Å². The van der Waals surface area contributed by atoms with Crippen molar-refractivity contribution in [3.8, 4) is 0 Å². The summed E-state index contributed by atoms with van der Waals surface area (Å²) < 4.78 is 0.971. The van der Waals surface area contributed by atoms with E-state index in [2.05, 4.69) is 21.2 Å². The van der Waals surface area contributed by atoms with E-state index >= 15 is 0 Å². The Morgan fingerprint density at radius 1 is 1.44 bits per heavy atom. The monoisotopic (exact) mass is 331 g/mol. The highest BCUT2D eigenvalue weighted by Crippen LogP contribution is 2.29. The van der Waals surface area contributed by atoms with E-state index in [4.69, 9.17) is 0 Å². The zero-order chi connectivity index (χ0) is 13.0. The minimum atomic E-state index is -0.0146. The molecule has 1 fully saturated rings. The topological polar surface area (TPSA) is 49.3 Å². The lowest BCUT2D eigenvalue weighted by Crippen LogP contribution is -2.35. The molecule has 0 spiro atoms. The minimum absolute atomic E-state index is 0.0146. The first-order valence-corrected chi connectivity index (χ1v) is 8.01. The fraction of sp³-hybridized carbons (Fsp3) is 0.615. The van der Waals surface area contributed by atoms with Gasteiger partial charge in [-0.2, -0.15) is 0 Å². The van der Waals surface area contributed by atoms with Crippen LogP contribution in [0.1, 0.15) is 36.0 Å². The highest BCUT2D eigenvalue weighted by Gasteiger charge is 2.24. The summed E-state index contributed by atoms with van der Waals surface area (Å²) in [4.78, 5) is 11.9. The maximum atomic E-state index is 11.9. The van der Waals surface area contributed by atoms with Crippen LogP contribution in [0.5, 0.6) is 0 Å². The molecule has 2 unspecified atom stereocenters. The maximum absolute atomic E-state index is 11.9. The fourth-order valence-corrected chi connectivity index (χ4v) is 3.69. The molecule has 0 aromatic carbocycles. The molecule has 3 nitrogen and oxygen atoms in total. The molecule has 2 N–H and O–H groups in total. The first-order chi connectivity index (χ1) is 8.70. The lowest BCUT2D eigenvalue weighted by molar-refractivity contribution is 0.0909. The van der Waals surface area contributed by atoms with Gasteiger partial charge in [-0.05, 0) is 46.7 Å². The van der Waals surface area contributed by atoms with Crippen molar-refractivity contribution in [2.24, 2.45) is 11.8 Å². The van der Waals surface area contributed by atoms with Gasteiger partial charge in [-0.15, -0.1) is 11.3 Å². The third kappa shape index (κ3) is 3.56. The highest BCUT2D eigenvalue weighted by molar-refractivity contribution is 9.11. The van der Waals surface area contributed by atoms with E-state index < -0.39 is 0 Å². The number of aliphatic hydroxyl groups excluding tert-OH is 1. The van der Waals surface area contributed by atoms with Gasteiger partial charge in [0.25, 0.3) is 5.91 Å². The van der Waals surface area contributed by atoms with E-state index in [1.54, 1.807) is 0 Å². The number of nitrogens with one attached hydrogen (secondary N) is 1. The molecule has 0 saturated heterocycles. The summed E-state index contributed by atoms with van der Waals surface area (Å²) in [5.74, 6) is 0.766. The van der Waals surface area contributed by atoms with E-state index in [9.17, 15) is 9.90 Å². The second-order valence-electron chi connectivity index (χ2n) is 4.84. The summed E-state index contributed by atoms with van der Waals surface area (Å²) in [6.07, 6.45) is 4.61. The van der Waals surface area contributed by atoms with Crippen molar-refractivity contribution in [1.29, 1.82) is 0 Å². The number of halogens is 1.